The second-order valence-electron chi connectivity index (χ2n) is 6.33. The van der Waals surface area contributed by atoms with Gasteiger partial charge in [0.05, 0.1) is 11.4 Å². The van der Waals surface area contributed by atoms with Gasteiger partial charge >= 0.3 is 0 Å². The summed E-state index contributed by atoms with van der Waals surface area (Å²) in [7, 11) is 0. The molecule has 0 spiro atoms. The van der Waals surface area contributed by atoms with E-state index in [1.54, 1.807) is 0 Å². The average Bonchev–Trinajstić information content (AvgIpc) is 2.56. The van der Waals surface area contributed by atoms with Gasteiger partial charge in [0.2, 0.25) is 0 Å². The fourth-order valence-corrected chi connectivity index (χ4v) is 3.77. The van der Waals surface area contributed by atoms with Crippen LogP contribution in [0.3, 0.4) is 0 Å². The van der Waals surface area contributed by atoms with Crippen LogP contribution in [0.15, 0.2) is 71.3 Å². The molecule has 1 aliphatic rings. The highest BCUT2D eigenvalue weighted by Gasteiger charge is 2.36. The number of halogens is 1. The quantitative estimate of drug-likeness (QED) is 0.529. The zero-order valence-corrected chi connectivity index (χ0v) is 14.7. The minimum absolute atomic E-state index is 0.0437. The summed E-state index contributed by atoms with van der Waals surface area (Å²) in [5.74, 6) is 0.940. The van der Waals surface area contributed by atoms with Gasteiger partial charge in [-0.1, -0.05) is 60.1 Å². The summed E-state index contributed by atoms with van der Waals surface area (Å²) in [4.78, 5) is 6.84. The third kappa shape index (κ3) is 2.19. The van der Waals surface area contributed by atoms with Crippen LogP contribution in [0.4, 0.5) is 17.2 Å². The molecule has 2 nitrogen and oxygen atoms in total. The number of fused-ring (bicyclic) bond motifs is 2. The Morgan fingerprint density at radius 2 is 1.61 bits per heavy atom. The first-order chi connectivity index (χ1) is 11.1. The van der Waals surface area contributed by atoms with Crippen molar-refractivity contribution < 1.29 is 0 Å². The van der Waals surface area contributed by atoms with Gasteiger partial charge in [0, 0.05) is 16.1 Å². The molecule has 0 amide bonds. The lowest BCUT2D eigenvalue weighted by Crippen LogP contribution is -2.30. The van der Waals surface area contributed by atoms with E-state index in [0.717, 1.165) is 10.3 Å². The molecule has 3 aromatic rings. The summed E-state index contributed by atoms with van der Waals surface area (Å²) in [6.07, 6.45) is 1.84. The molecule has 114 valence electrons. The minimum Gasteiger partial charge on any atom is -0.294 e. The van der Waals surface area contributed by atoms with Crippen molar-refractivity contribution in [1.82, 2.24) is 4.98 Å². The maximum absolute atomic E-state index is 4.59. The summed E-state index contributed by atoms with van der Waals surface area (Å²) in [5.41, 5.74) is 4.96. The van der Waals surface area contributed by atoms with Gasteiger partial charge in [0.1, 0.15) is 5.82 Å². The largest absolute Gasteiger partial charge is 0.294 e. The maximum Gasteiger partial charge on any atom is 0.137 e. The Morgan fingerprint density at radius 1 is 0.870 bits per heavy atom. The van der Waals surface area contributed by atoms with Crippen molar-refractivity contribution in [3.8, 4) is 0 Å². The van der Waals surface area contributed by atoms with E-state index < -0.39 is 0 Å². The lowest BCUT2D eigenvalue weighted by Gasteiger charge is -2.41. The smallest absolute Gasteiger partial charge is 0.137 e. The van der Waals surface area contributed by atoms with Crippen LogP contribution in [0.2, 0.25) is 0 Å². The van der Waals surface area contributed by atoms with Crippen molar-refractivity contribution in [2.75, 3.05) is 4.90 Å². The predicted molar refractivity (Wildman–Crippen MR) is 98.7 cm³/mol. The molecular weight excluding hydrogens is 348 g/mol. The normalized spacial score (nSPS) is 15.0. The zero-order chi connectivity index (χ0) is 16.0. The summed E-state index contributed by atoms with van der Waals surface area (Å²) in [6.45, 7) is 4.57. The van der Waals surface area contributed by atoms with E-state index in [2.05, 4.69) is 88.2 Å². The molecule has 3 heteroatoms. The lowest BCUT2D eigenvalue weighted by atomic mass is 9.73. The van der Waals surface area contributed by atoms with Gasteiger partial charge in [-0.3, -0.25) is 4.90 Å². The maximum atomic E-state index is 4.59. The fraction of sp³-hybridized carbons (Fsp3) is 0.150. The number of hydrogen-bond acceptors (Lipinski definition) is 2. The number of para-hydroxylation sites is 1. The van der Waals surface area contributed by atoms with E-state index in [1.807, 2.05) is 18.3 Å². The first-order valence-corrected chi connectivity index (χ1v) is 8.49. The van der Waals surface area contributed by atoms with Gasteiger partial charge in [-0.15, -0.1) is 0 Å². The molecule has 0 fully saturated rings. The first kappa shape index (κ1) is 14.5. The predicted octanol–water partition coefficient (Wildman–Crippen LogP) is 5.95. The second kappa shape index (κ2) is 5.20. The molecule has 2 heterocycles. The number of rotatable bonds is 1. The zero-order valence-electron chi connectivity index (χ0n) is 13.1. The SMILES string of the molecule is CC1(C)c2ccccc2N(c2ccccn2)c2cc(Br)ccc21. The second-order valence-corrected chi connectivity index (χ2v) is 7.24. The Balaban J connectivity index is 2.06. The van der Waals surface area contributed by atoms with Crippen LogP contribution in [0.25, 0.3) is 0 Å². The van der Waals surface area contributed by atoms with Crippen LogP contribution in [0, 0.1) is 0 Å². The number of benzene rings is 2. The van der Waals surface area contributed by atoms with E-state index >= 15 is 0 Å². The van der Waals surface area contributed by atoms with E-state index in [-0.39, 0.29) is 5.41 Å². The van der Waals surface area contributed by atoms with Crippen LogP contribution in [0.1, 0.15) is 25.0 Å². The fourth-order valence-electron chi connectivity index (χ4n) is 3.42. The minimum atomic E-state index is -0.0437. The van der Waals surface area contributed by atoms with Crippen LogP contribution in [0.5, 0.6) is 0 Å². The lowest BCUT2D eigenvalue weighted by molar-refractivity contribution is 0.631. The number of nitrogens with zero attached hydrogens (tertiary/aromatic N) is 2. The summed E-state index contributed by atoms with van der Waals surface area (Å²) in [5, 5.41) is 0. The highest BCUT2D eigenvalue weighted by molar-refractivity contribution is 9.10. The van der Waals surface area contributed by atoms with Crippen molar-refractivity contribution >= 4 is 33.1 Å². The van der Waals surface area contributed by atoms with Gasteiger partial charge < -0.3 is 0 Å². The van der Waals surface area contributed by atoms with Crippen molar-refractivity contribution in [2.45, 2.75) is 19.3 Å². The third-order valence-electron chi connectivity index (χ3n) is 4.57. The Kier molecular flexibility index (Phi) is 3.27. The van der Waals surface area contributed by atoms with Gasteiger partial charge in [-0.2, -0.15) is 0 Å². The highest BCUT2D eigenvalue weighted by Crippen LogP contribution is 2.51. The molecular formula is C20H17BrN2. The van der Waals surface area contributed by atoms with Gasteiger partial charge in [-0.05, 0) is 41.5 Å². The van der Waals surface area contributed by atoms with Gasteiger partial charge in [-0.25, -0.2) is 4.98 Å². The van der Waals surface area contributed by atoms with E-state index in [1.165, 1.54) is 22.5 Å². The number of anilines is 3. The molecule has 0 saturated carbocycles. The Hall–Kier alpha value is -2.13. The Bertz CT molecular complexity index is 872. The van der Waals surface area contributed by atoms with Crippen LogP contribution in [-0.2, 0) is 5.41 Å². The van der Waals surface area contributed by atoms with Crippen molar-refractivity contribution in [2.24, 2.45) is 0 Å². The highest BCUT2D eigenvalue weighted by atomic mass is 79.9. The number of aromatic nitrogens is 1. The monoisotopic (exact) mass is 364 g/mol. The molecule has 4 rings (SSSR count). The average molecular weight is 365 g/mol. The van der Waals surface area contributed by atoms with Crippen LogP contribution < -0.4 is 4.90 Å². The summed E-state index contributed by atoms with van der Waals surface area (Å²) < 4.78 is 1.08. The molecule has 23 heavy (non-hydrogen) atoms. The van der Waals surface area contributed by atoms with Gasteiger partial charge in [0.15, 0.2) is 0 Å². The van der Waals surface area contributed by atoms with E-state index in [0.29, 0.717) is 0 Å². The van der Waals surface area contributed by atoms with E-state index in [9.17, 15) is 0 Å². The Labute approximate surface area is 144 Å². The van der Waals surface area contributed by atoms with Gasteiger partial charge in [0.25, 0.3) is 0 Å². The third-order valence-corrected chi connectivity index (χ3v) is 5.06. The molecule has 2 aromatic carbocycles. The van der Waals surface area contributed by atoms with Crippen LogP contribution >= 0.6 is 15.9 Å². The molecule has 0 N–H and O–H groups in total. The summed E-state index contributed by atoms with van der Waals surface area (Å²) >= 11 is 3.62. The van der Waals surface area contributed by atoms with Crippen molar-refractivity contribution in [3.05, 3.63) is 82.5 Å². The molecule has 0 radical (unpaired) electrons. The van der Waals surface area contributed by atoms with Crippen molar-refractivity contribution in [1.29, 1.82) is 0 Å². The molecule has 0 atom stereocenters. The Morgan fingerprint density at radius 3 is 2.39 bits per heavy atom. The van der Waals surface area contributed by atoms with E-state index in [4.69, 9.17) is 0 Å². The summed E-state index contributed by atoms with van der Waals surface area (Å²) in [6, 6.07) is 21.1. The molecule has 0 bridgehead atoms. The molecule has 0 aliphatic carbocycles. The number of pyridine rings is 1. The molecule has 1 aliphatic heterocycles. The molecule has 0 saturated heterocycles. The first-order valence-electron chi connectivity index (χ1n) is 7.70. The molecule has 1 aromatic heterocycles. The standard InChI is InChI=1S/C20H17BrN2/c1-20(2)15-7-3-4-8-17(15)23(19-9-5-6-12-22-19)18-13-14(21)10-11-16(18)20/h3-13H,1-2H3. The molecule has 0 unspecified atom stereocenters. The van der Waals surface area contributed by atoms with Crippen LogP contribution in [-0.4, -0.2) is 4.98 Å². The number of hydrogen-bond donors (Lipinski definition) is 0. The topological polar surface area (TPSA) is 16.1 Å². The van der Waals surface area contributed by atoms with Crippen molar-refractivity contribution in [3.63, 3.8) is 0 Å².